The maximum absolute atomic E-state index is 14.6. The maximum atomic E-state index is 14.6. The van der Waals surface area contributed by atoms with Crippen molar-refractivity contribution < 1.29 is 13.6 Å². The lowest BCUT2D eigenvalue weighted by molar-refractivity contribution is 0.0951. The molecule has 0 atom stereocenters. The van der Waals surface area contributed by atoms with Gasteiger partial charge in [-0.05, 0) is 48.4 Å². The number of hydrogen-bond donors (Lipinski definition) is 1. The van der Waals surface area contributed by atoms with Crippen LogP contribution in [0.2, 0.25) is 0 Å². The standard InChI is InChI=1S/C24H19F2N3O2/c1-15-21(23(30)28-13-17-4-2-5-18(25)12-17)19-6-3-7-20(26)22(19)24(31)29(15)14-16-8-10-27-11-9-16/h2-12H,13-14H2,1H3,(H,28,30). The summed E-state index contributed by atoms with van der Waals surface area (Å²) in [4.78, 5) is 30.2. The van der Waals surface area contributed by atoms with Gasteiger partial charge in [0.05, 0.1) is 17.5 Å². The highest BCUT2D eigenvalue weighted by Crippen LogP contribution is 2.22. The van der Waals surface area contributed by atoms with Crippen LogP contribution in [-0.4, -0.2) is 15.5 Å². The Morgan fingerprint density at radius 1 is 1.03 bits per heavy atom. The third-order valence-electron chi connectivity index (χ3n) is 5.17. The third kappa shape index (κ3) is 4.07. The SMILES string of the molecule is Cc1c(C(=O)NCc2cccc(F)c2)c2cccc(F)c2c(=O)n1Cc1ccncc1. The Morgan fingerprint density at radius 2 is 1.77 bits per heavy atom. The average molecular weight is 419 g/mol. The van der Waals surface area contributed by atoms with Gasteiger partial charge in [0.1, 0.15) is 11.6 Å². The van der Waals surface area contributed by atoms with Gasteiger partial charge in [-0.2, -0.15) is 0 Å². The largest absolute Gasteiger partial charge is 0.348 e. The molecule has 1 amide bonds. The molecule has 5 nitrogen and oxygen atoms in total. The van der Waals surface area contributed by atoms with Gasteiger partial charge >= 0.3 is 0 Å². The van der Waals surface area contributed by atoms with Crippen molar-refractivity contribution in [2.75, 3.05) is 0 Å². The lowest BCUT2D eigenvalue weighted by Gasteiger charge is -2.17. The van der Waals surface area contributed by atoms with Crippen LogP contribution in [0.5, 0.6) is 0 Å². The van der Waals surface area contributed by atoms with Gasteiger partial charge in [0.15, 0.2) is 0 Å². The van der Waals surface area contributed by atoms with E-state index >= 15 is 0 Å². The fourth-order valence-electron chi connectivity index (χ4n) is 3.63. The number of carbonyl (C=O) groups is 1. The molecule has 0 bridgehead atoms. The monoisotopic (exact) mass is 419 g/mol. The van der Waals surface area contributed by atoms with Crippen LogP contribution in [0.3, 0.4) is 0 Å². The predicted molar refractivity (Wildman–Crippen MR) is 114 cm³/mol. The number of nitrogens with zero attached hydrogens (tertiary/aromatic N) is 2. The number of halogens is 2. The van der Waals surface area contributed by atoms with E-state index in [1.807, 2.05) is 0 Å². The van der Waals surface area contributed by atoms with E-state index in [1.54, 1.807) is 49.6 Å². The molecule has 0 saturated heterocycles. The summed E-state index contributed by atoms with van der Waals surface area (Å²) in [6, 6.07) is 13.6. The van der Waals surface area contributed by atoms with E-state index in [0.29, 0.717) is 11.3 Å². The summed E-state index contributed by atoms with van der Waals surface area (Å²) in [5, 5.41) is 2.85. The van der Waals surface area contributed by atoms with Crippen molar-refractivity contribution in [3.05, 3.63) is 111 Å². The zero-order valence-corrected chi connectivity index (χ0v) is 16.7. The Labute approximate surface area is 177 Å². The molecule has 0 radical (unpaired) electrons. The summed E-state index contributed by atoms with van der Waals surface area (Å²) < 4.78 is 29.5. The van der Waals surface area contributed by atoms with E-state index in [1.165, 1.54) is 28.8 Å². The average Bonchev–Trinajstić information content (AvgIpc) is 2.76. The van der Waals surface area contributed by atoms with Crippen LogP contribution in [0.15, 0.2) is 71.8 Å². The first kappa shape index (κ1) is 20.4. The van der Waals surface area contributed by atoms with E-state index in [9.17, 15) is 18.4 Å². The smallest absolute Gasteiger partial charge is 0.261 e. The summed E-state index contributed by atoms with van der Waals surface area (Å²) in [6.07, 6.45) is 3.20. The molecule has 2 heterocycles. The minimum atomic E-state index is -0.690. The molecule has 156 valence electrons. The fraction of sp³-hybridized carbons (Fsp3) is 0.125. The van der Waals surface area contributed by atoms with Crippen LogP contribution < -0.4 is 10.9 Å². The minimum Gasteiger partial charge on any atom is -0.348 e. The van der Waals surface area contributed by atoms with Crippen LogP contribution in [0.4, 0.5) is 8.78 Å². The van der Waals surface area contributed by atoms with Gasteiger partial charge in [-0.3, -0.25) is 14.6 Å². The highest BCUT2D eigenvalue weighted by molar-refractivity contribution is 6.07. The van der Waals surface area contributed by atoms with Gasteiger partial charge in [0, 0.05) is 30.0 Å². The molecule has 0 aliphatic rings. The molecule has 4 rings (SSSR count). The first-order chi connectivity index (χ1) is 15.0. The topological polar surface area (TPSA) is 64.0 Å². The first-order valence-electron chi connectivity index (χ1n) is 9.69. The van der Waals surface area contributed by atoms with E-state index in [0.717, 1.165) is 5.56 Å². The van der Waals surface area contributed by atoms with E-state index in [-0.39, 0.29) is 29.4 Å². The number of pyridine rings is 2. The highest BCUT2D eigenvalue weighted by atomic mass is 19.1. The molecule has 2 aromatic carbocycles. The number of hydrogen-bond acceptors (Lipinski definition) is 3. The molecule has 0 spiro atoms. The number of benzene rings is 2. The summed E-state index contributed by atoms with van der Waals surface area (Å²) >= 11 is 0. The number of carbonyl (C=O) groups excluding carboxylic acids is 1. The number of amides is 1. The molecule has 0 aliphatic heterocycles. The second-order valence-corrected chi connectivity index (χ2v) is 7.18. The van der Waals surface area contributed by atoms with Crippen LogP contribution >= 0.6 is 0 Å². The number of nitrogens with one attached hydrogen (secondary N) is 1. The maximum Gasteiger partial charge on any atom is 0.261 e. The zero-order valence-electron chi connectivity index (χ0n) is 16.7. The Balaban J connectivity index is 1.80. The molecular formula is C24H19F2N3O2. The lowest BCUT2D eigenvalue weighted by Crippen LogP contribution is -2.31. The molecular weight excluding hydrogens is 400 g/mol. The summed E-state index contributed by atoms with van der Waals surface area (Å²) in [5.74, 6) is -1.56. The Kier molecular flexibility index (Phi) is 5.58. The summed E-state index contributed by atoms with van der Waals surface area (Å²) in [5.41, 5.74) is 1.49. The van der Waals surface area contributed by atoms with E-state index in [2.05, 4.69) is 10.3 Å². The van der Waals surface area contributed by atoms with Crippen LogP contribution in [-0.2, 0) is 13.1 Å². The zero-order chi connectivity index (χ0) is 22.0. The van der Waals surface area contributed by atoms with Crippen molar-refractivity contribution in [3.63, 3.8) is 0 Å². The van der Waals surface area contributed by atoms with Crippen LogP contribution in [0.1, 0.15) is 27.2 Å². The second kappa shape index (κ2) is 8.47. The fourth-order valence-corrected chi connectivity index (χ4v) is 3.63. The molecule has 4 aromatic rings. The van der Waals surface area contributed by atoms with Gasteiger partial charge in [0.2, 0.25) is 0 Å². The molecule has 31 heavy (non-hydrogen) atoms. The van der Waals surface area contributed by atoms with E-state index in [4.69, 9.17) is 0 Å². The molecule has 0 saturated carbocycles. The first-order valence-corrected chi connectivity index (χ1v) is 9.69. The van der Waals surface area contributed by atoms with Crippen molar-refractivity contribution in [2.45, 2.75) is 20.0 Å². The van der Waals surface area contributed by atoms with Crippen molar-refractivity contribution >= 4 is 16.7 Å². The number of aromatic nitrogens is 2. The minimum absolute atomic E-state index is 0.0936. The molecule has 7 heteroatoms. The van der Waals surface area contributed by atoms with Crippen molar-refractivity contribution in [1.29, 1.82) is 0 Å². The predicted octanol–water partition coefficient (Wildman–Crippen LogP) is 3.96. The van der Waals surface area contributed by atoms with Gasteiger partial charge in [-0.25, -0.2) is 8.78 Å². The number of rotatable bonds is 5. The third-order valence-corrected chi connectivity index (χ3v) is 5.17. The van der Waals surface area contributed by atoms with Gasteiger partial charge in [-0.15, -0.1) is 0 Å². The van der Waals surface area contributed by atoms with Crippen molar-refractivity contribution in [2.24, 2.45) is 0 Å². The van der Waals surface area contributed by atoms with Crippen molar-refractivity contribution in [1.82, 2.24) is 14.9 Å². The Hall–Kier alpha value is -3.87. The summed E-state index contributed by atoms with van der Waals surface area (Å²) in [6.45, 7) is 1.92. The van der Waals surface area contributed by atoms with Crippen LogP contribution in [0, 0.1) is 18.6 Å². The molecule has 0 unspecified atom stereocenters. The highest BCUT2D eigenvalue weighted by Gasteiger charge is 2.21. The Bertz CT molecular complexity index is 1330. The van der Waals surface area contributed by atoms with Gasteiger partial charge in [0.25, 0.3) is 11.5 Å². The van der Waals surface area contributed by atoms with Gasteiger partial charge < -0.3 is 9.88 Å². The molecule has 1 N–H and O–H groups in total. The molecule has 2 aromatic heterocycles. The second-order valence-electron chi connectivity index (χ2n) is 7.18. The quantitative estimate of drug-likeness (QED) is 0.533. The lowest BCUT2D eigenvalue weighted by atomic mass is 10.0. The van der Waals surface area contributed by atoms with Gasteiger partial charge in [-0.1, -0.05) is 24.3 Å². The normalized spacial score (nSPS) is 10.9. The van der Waals surface area contributed by atoms with Crippen molar-refractivity contribution in [3.8, 4) is 0 Å². The number of fused-ring (bicyclic) bond motifs is 1. The van der Waals surface area contributed by atoms with E-state index < -0.39 is 23.1 Å². The molecule has 0 aliphatic carbocycles. The van der Waals surface area contributed by atoms with Crippen LogP contribution in [0.25, 0.3) is 10.8 Å². The Morgan fingerprint density at radius 3 is 2.52 bits per heavy atom. The summed E-state index contributed by atoms with van der Waals surface area (Å²) in [7, 11) is 0. The molecule has 0 fully saturated rings.